The average Bonchev–Trinajstić information content (AvgIpc) is 3.21. The second-order valence-corrected chi connectivity index (χ2v) is 8.08. The molecule has 180 valence electrons. The highest BCUT2D eigenvalue weighted by atomic mass is 19.4. The Labute approximate surface area is 197 Å². The standard InChI is InChI=1S/C24H20F3N5O3/c25-24(26,27)35-23(15-4-2-1-3-5-15)32-19-8-9-28-11-16(19)10-20(32)22(34)30-17-6-7-21(29-12-17)31-13-18(33)14-31/h1-12,18,23,33H,13-14H2,(H,30,34). The highest BCUT2D eigenvalue weighted by Crippen LogP contribution is 2.34. The smallest absolute Gasteiger partial charge is 0.389 e. The number of amides is 1. The van der Waals surface area contributed by atoms with Gasteiger partial charge in [0.15, 0.2) is 6.23 Å². The number of nitrogens with one attached hydrogen (secondary N) is 1. The van der Waals surface area contributed by atoms with Crippen molar-refractivity contribution in [3.05, 3.63) is 84.4 Å². The van der Waals surface area contributed by atoms with Crippen LogP contribution in [0.1, 0.15) is 22.3 Å². The van der Waals surface area contributed by atoms with Crippen LogP contribution in [0.3, 0.4) is 0 Å². The number of hydrogen-bond donors (Lipinski definition) is 2. The number of pyridine rings is 2. The number of rotatable bonds is 6. The first-order valence-electron chi connectivity index (χ1n) is 10.7. The zero-order chi connectivity index (χ0) is 24.6. The Hall–Kier alpha value is -3.96. The van der Waals surface area contributed by atoms with E-state index in [1.165, 1.54) is 47.4 Å². The number of anilines is 2. The molecule has 0 saturated carbocycles. The van der Waals surface area contributed by atoms with Crippen LogP contribution in [0.15, 0.2) is 73.2 Å². The fraction of sp³-hybridized carbons (Fsp3) is 0.208. The molecule has 1 unspecified atom stereocenters. The van der Waals surface area contributed by atoms with E-state index in [1.54, 1.807) is 30.3 Å². The Morgan fingerprint density at radius 3 is 2.54 bits per heavy atom. The maximum Gasteiger partial charge on any atom is 0.524 e. The van der Waals surface area contributed by atoms with Crippen molar-refractivity contribution in [2.24, 2.45) is 0 Å². The van der Waals surface area contributed by atoms with Gasteiger partial charge < -0.3 is 19.9 Å². The highest BCUT2D eigenvalue weighted by molar-refractivity contribution is 6.06. The van der Waals surface area contributed by atoms with Crippen LogP contribution in [0.5, 0.6) is 0 Å². The van der Waals surface area contributed by atoms with Gasteiger partial charge in [-0.25, -0.2) is 4.98 Å². The van der Waals surface area contributed by atoms with E-state index in [-0.39, 0.29) is 17.4 Å². The van der Waals surface area contributed by atoms with Gasteiger partial charge in [-0.05, 0) is 24.3 Å². The summed E-state index contributed by atoms with van der Waals surface area (Å²) in [5.41, 5.74) is 0.896. The van der Waals surface area contributed by atoms with Gasteiger partial charge >= 0.3 is 6.36 Å². The van der Waals surface area contributed by atoms with Crippen LogP contribution in [-0.4, -0.2) is 51.1 Å². The fourth-order valence-electron chi connectivity index (χ4n) is 4.00. The van der Waals surface area contributed by atoms with Crippen LogP contribution in [0.25, 0.3) is 10.9 Å². The minimum absolute atomic E-state index is 0.0407. The number of halogens is 3. The van der Waals surface area contributed by atoms with Crippen molar-refractivity contribution < 1.29 is 27.8 Å². The summed E-state index contributed by atoms with van der Waals surface area (Å²) in [4.78, 5) is 23.5. The van der Waals surface area contributed by atoms with Crippen LogP contribution >= 0.6 is 0 Å². The SMILES string of the molecule is O=C(Nc1ccc(N2CC(O)C2)nc1)c1cc2cnccc2n1C(OC(F)(F)F)c1ccccc1. The van der Waals surface area contributed by atoms with Gasteiger partial charge in [0.05, 0.1) is 23.5 Å². The lowest BCUT2D eigenvalue weighted by Gasteiger charge is -2.36. The van der Waals surface area contributed by atoms with E-state index in [1.807, 2.05) is 4.90 Å². The van der Waals surface area contributed by atoms with E-state index in [0.29, 0.717) is 35.5 Å². The van der Waals surface area contributed by atoms with Gasteiger partial charge in [0, 0.05) is 36.4 Å². The molecule has 4 aromatic rings. The van der Waals surface area contributed by atoms with Crippen LogP contribution < -0.4 is 10.2 Å². The second-order valence-electron chi connectivity index (χ2n) is 8.08. The molecule has 1 fully saturated rings. The molecular formula is C24H20F3N5O3. The zero-order valence-corrected chi connectivity index (χ0v) is 18.2. The van der Waals surface area contributed by atoms with E-state index >= 15 is 0 Å². The molecule has 11 heteroatoms. The normalized spacial score (nSPS) is 15.1. The van der Waals surface area contributed by atoms with E-state index in [2.05, 4.69) is 20.0 Å². The molecule has 0 spiro atoms. The zero-order valence-electron chi connectivity index (χ0n) is 18.2. The maximum absolute atomic E-state index is 13.4. The molecule has 1 saturated heterocycles. The number of fused-ring (bicyclic) bond motifs is 1. The molecule has 8 nitrogen and oxygen atoms in total. The largest absolute Gasteiger partial charge is 0.524 e. The lowest BCUT2D eigenvalue weighted by Crippen LogP contribution is -2.51. The first kappa shape index (κ1) is 22.8. The lowest BCUT2D eigenvalue weighted by atomic mass is 10.2. The third kappa shape index (κ3) is 4.81. The Kier molecular flexibility index (Phi) is 5.87. The van der Waals surface area contributed by atoms with Crippen LogP contribution in [0.4, 0.5) is 24.7 Å². The molecule has 3 aromatic heterocycles. The molecule has 1 aliphatic heterocycles. The number of alkyl halides is 3. The van der Waals surface area contributed by atoms with Crippen molar-refractivity contribution in [2.45, 2.75) is 18.7 Å². The quantitative estimate of drug-likeness (QED) is 0.432. The van der Waals surface area contributed by atoms with Gasteiger partial charge in [0.1, 0.15) is 11.5 Å². The molecule has 4 heterocycles. The minimum atomic E-state index is -4.96. The molecule has 35 heavy (non-hydrogen) atoms. The number of benzene rings is 1. The predicted octanol–water partition coefficient (Wildman–Crippen LogP) is 3.95. The molecule has 1 amide bonds. The number of ether oxygens (including phenoxy) is 1. The molecule has 2 N–H and O–H groups in total. The molecule has 1 atom stereocenters. The number of aliphatic hydroxyl groups excluding tert-OH is 1. The van der Waals surface area contributed by atoms with Crippen molar-refractivity contribution in [1.29, 1.82) is 0 Å². The van der Waals surface area contributed by atoms with Gasteiger partial charge in [-0.15, -0.1) is 13.2 Å². The first-order chi connectivity index (χ1) is 16.8. The van der Waals surface area contributed by atoms with E-state index in [9.17, 15) is 23.1 Å². The summed E-state index contributed by atoms with van der Waals surface area (Å²) >= 11 is 0. The number of carbonyl (C=O) groups is 1. The molecule has 0 bridgehead atoms. The Morgan fingerprint density at radius 1 is 1.11 bits per heavy atom. The summed E-state index contributed by atoms with van der Waals surface area (Å²) in [6.07, 6.45) is -2.63. The summed E-state index contributed by atoms with van der Waals surface area (Å²) in [5, 5.41) is 12.6. The monoisotopic (exact) mass is 483 g/mol. The highest BCUT2D eigenvalue weighted by Gasteiger charge is 2.37. The van der Waals surface area contributed by atoms with Gasteiger partial charge in [0.25, 0.3) is 5.91 Å². The molecular weight excluding hydrogens is 463 g/mol. The number of hydrogen-bond acceptors (Lipinski definition) is 6. The van der Waals surface area contributed by atoms with Gasteiger partial charge in [-0.3, -0.25) is 14.5 Å². The predicted molar refractivity (Wildman–Crippen MR) is 122 cm³/mol. The maximum atomic E-state index is 13.4. The van der Waals surface area contributed by atoms with Crippen LogP contribution in [0, 0.1) is 0 Å². The van der Waals surface area contributed by atoms with Crippen molar-refractivity contribution in [2.75, 3.05) is 23.3 Å². The van der Waals surface area contributed by atoms with Crippen molar-refractivity contribution in [1.82, 2.24) is 14.5 Å². The van der Waals surface area contributed by atoms with E-state index < -0.39 is 18.5 Å². The number of aliphatic hydroxyl groups is 1. The topological polar surface area (TPSA) is 92.5 Å². The Bertz CT molecular complexity index is 1340. The Balaban J connectivity index is 1.51. The van der Waals surface area contributed by atoms with E-state index in [4.69, 9.17) is 0 Å². The number of carbonyl (C=O) groups excluding carboxylic acids is 1. The van der Waals surface area contributed by atoms with Gasteiger partial charge in [0.2, 0.25) is 0 Å². The summed E-state index contributed by atoms with van der Waals surface area (Å²) in [5.74, 6) is 0.0121. The Morgan fingerprint density at radius 2 is 1.89 bits per heavy atom. The lowest BCUT2D eigenvalue weighted by molar-refractivity contribution is -0.348. The number of β-amino-alcohol motifs (C(OH)–C–C–N with tert-alkyl or cyclic N) is 1. The summed E-state index contributed by atoms with van der Waals surface area (Å²) < 4.78 is 46.1. The third-order valence-corrected chi connectivity index (χ3v) is 5.63. The van der Waals surface area contributed by atoms with Gasteiger partial charge in [-0.1, -0.05) is 30.3 Å². The number of nitrogens with zero attached hydrogens (tertiary/aromatic N) is 4. The van der Waals surface area contributed by atoms with Crippen molar-refractivity contribution in [3.63, 3.8) is 0 Å². The number of aromatic nitrogens is 3. The van der Waals surface area contributed by atoms with Crippen molar-refractivity contribution >= 4 is 28.3 Å². The minimum Gasteiger partial charge on any atom is -0.389 e. The third-order valence-electron chi connectivity index (χ3n) is 5.63. The molecule has 1 aliphatic rings. The summed E-state index contributed by atoms with van der Waals surface area (Å²) in [7, 11) is 0. The molecule has 5 rings (SSSR count). The average molecular weight is 483 g/mol. The first-order valence-corrected chi connectivity index (χ1v) is 10.7. The fourth-order valence-corrected chi connectivity index (χ4v) is 4.00. The van der Waals surface area contributed by atoms with E-state index in [0.717, 1.165) is 0 Å². The van der Waals surface area contributed by atoms with Crippen LogP contribution in [-0.2, 0) is 4.74 Å². The molecule has 0 aliphatic carbocycles. The van der Waals surface area contributed by atoms with Crippen molar-refractivity contribution in [3.8, 4) is 0 Å². The second kappa shape index (κ2) is 9.01. The summed E-state index contributed by atoms with van der Waals surface area (Å²) in [6.45, 7) is 0.958. The molecule has 1 aromatic carbocycles. The van der Waals surface area contributed by atoms with Crippen LogP contribution in [0.2, 0.25) is 0 Å². The molecule has 0 radical (unpaired) electrons. The summed E-state index contributed by atoms with van der Waals surface area (Å²) in [6, 6.07) is 14.2. The van der Waals surface area contributed by atoms with Gasteiger partial charge in [-0.2, -0.15) is 0 Å².